The van der Waals surface area contributed by atoms with E-state index in [0.717, 1.165) is 25.7 Å². The Balaban J connectivity index is 1.37. The molecule has 1 N–H and O–H groups in total. The standard InChI is InChI=1S/C25H30N2O3/c1-2-29-25(28)20-13-14-21(26-15-20)17-30-27-16-24-22-9-5-3-7-18(22)11-12-19-8-4-6-10-23(19)24/h3-10,16,20-21,24,26H,2,11-15,17H2,1H3/b27-16+/t20-,21-/m1/s1. The highest BCUT2D eigenvalue weighted by atomic mass is 16.6. The van der Waals surface area contributed by atoms with Crippen LogP contribution >= 0.6 is 0 Å². The van der Waals surface area contributed by atoms with E-state index >= 15 is 0 Å². The number of rotatable bonds is 6. The van der Waals surface area contributed by atoms with Gasteiger partial charge in [-0.2, -0.15) is 0 Å². The number of aryl methyl sites for hydroxylation is 2. The van der Waals surface area contributed by atoms with Crippen molar-refractivity contribution in [3.8, 4) is 0 Å². The van der Waals surface area contributed by atoms with Gasteiger partial charge in [0, 0.05) is 18.5 Å². The molecule has 4 rings (SSSR count). The number of carbonyl (C=O) groups is 1. The van der Waals surface area contributed by atoms with Crippen LogP contribution in [0.1, 0.15) is 47.9 Å². The zero-order valence-corrected chi connectivity index (χ0v) is 17.5. The fourth-order valence-electron chi connectivity index (χ4n) is 4.48. The molecule has 1 aliphatic heterocycles. The minimum atomic E-state index is -0.104. The molecule has 0 unspecified atom stereocenters. The van der Waals surface area contributed by atoms with Gasteiger partial charge in [0.1, 0.15) is 6.61 Å². The molecule has 0 bridgehead atoms. The first-order chi connectivity index (χ1) is 14.8. The Morgan fingerprint density at radius 2 is 1.73 bits per heavy atom. The van der Waals surface area contributed by atoms with Crippen molar-refractivity contribution in [3.05, 3.63) is 70.8 Å². The lowest BCUT2D eigenvalue weighted by atomic mass is 9.89. The molecule has 2 aliphatic rings. The van der Waals surface area contributed by atoms with Crippen molar-refractivity contribution in [2.75, 3.05) is 19.8 Å². The highest BCUT2D eigenvalue weighted by Gasteiger charge is 2.27. The second-order valence-corrected chi connectivity index (χ2v) is 8.06. The Hall–Kier alpha value is -2.66. The maximum absolute atomic E-state index is 11.9. The second-order valence-electron chi connectivity index (χ2n) is 8.06. The molecule has 5 nitrogen and oxygen atoms in total. The van der Waals surface area contributed by atoms with Gasteiger partial charge in [-0.1, -0.05) is 53.7 Å². The zero-order chi connectivity index (χ0) is 20.8. The first kappa shape index (κ1) is 20.6. The number of fused-ring (bicyclic) bond motifs is 2. The molecule has 1 saturated heterocycles. The van der Waals surface area contributed by atoms with E-state index in [4.69, 9.17) is 9.57 Å². The van der Waals surface area contributed by atoms with E-state index in [9.17, 15) is 4.79 Å². The number of nitrogens with zero attached hydrogens (tertiary/aromatic N) is 1. The largest absolute Gasteiger partial charge is 0.466 e. The highest BCUT2D eigenvalue weighted by Crippen LogP contribution is 2.33. The van der Waals surface area contributed by atoms with Crippen LogP contribution in [-0.4, -0.2) is 38.0 Å². The van der Waals surface area contributed by atoms with Gasteiger partial charge >= 0.3 is 5.97 Å². The number of hydrogen-bond acceptors (Lipinski definition) is 5. The van der Waals surface area contributed by atoms with Crippen LogP contribution in [0.4, 0.5) is 0 Å². The van der Waals surface area contributed by atoms with Crippen LogP contribution in [0, 0.1) is 5.92 Å². The second kappa shape index (κ2) is 9.90. The van der Waals surface area contributed by atoms with E-state index in [1.807, 2.05) is 13.1 Å². The molecule has 0 aromatic heterocycles. The van der Waals surface area contributed by atoms with Crippen molar-refractivity contribution in [1.29, 1.82) is 0 Å². The lowest BCUT2D eigenvalue weighted by Gasteiger charge is -2.27. The van der Waals surface area contributed by atoms with Crippen molar-refractivity contribution < 1.29 is 14.4 Å². The summed E-state index contributed by atoms with van der Waals surface area (Å²) in [6.45, 7) is 3.42. The van der Waals surface area contributed by atoms with Crippen LogP contribution in [0.3, 0.4) is 0 Å². The molecule has 0 radical (unpaired) electrons. The third kappa shape index (κ3) is 4.73. The van der Waals surface area contributed by atoms with Gasteiger partial charge in [0.05, 0.1) is 18.7 Å². The minimum absolute atomic E-state index is 0.0521. The molecule has 0 saturated carbocycles. The summed E-state index contributed by atoms with van der Waals surface area (Å²) in [6.07, 6.45) is 5.74. The van der Waals surface area contributed by atoms with Crippen LogP contribution in [0.15, 0.2) is 53.7 Å². The molecule has 2 atom stereocenters. The normalized spacial score (nSPS) is 21.5. The van der Waals surface area contributed by atoms with Crippen molar-refractivity contribution in [3.63, 3.8) is 0 Å². The molecular formula is C25H30N2O3. The van der Waals surface area contributed by atoms with Gasteiger partial charge in [-0.3, -0.25) is 4.79 Å². The van der Waals surface area contributed by atoms with E-state index in [1.165, 1.54) is 22.3 Å². The van der Waals surface area contributed by atoms with E-state index in [2.05, 4.69) is 59.0 Å². The maximum atomic E-state index is 11.9. The van der Waals surface area contributed by atoms with Gasteiger partial charge in [0.25, 0.3) is 0 Å². The van der Waals surface area contributed by atoms with Gasteiger partial charge < -0.3 is 14.9 Å². The number of esters is 1. The first-order valence-corrected chi connectivity index (χ1v) is 11.0. The number of ether oxygens (including phenoxy) is 1. The van der Waals surface area contributed by atoms with Crippen LogP contribution < -0.4 is 5.32 Å². The van der Waals surface area contributed by atoms with E-state index in [0.29, 0.717) is 19.8 Å². The molecule has 2 aromatic rings. The molecule has 1 fully saturated rings. The SMILES string of the molecule is CCOC(=O)[C@@H]1CC[C@H](CO/N=C/C2c3ccccc3CCc3ccccc32)NC1. The molecular weight excluding hydrogens is 376 g/mol. The summed E-state index contributed by atoms with van der Waals surface area (Å²) >= 11 is 0. The molecule has 5 heteroatoms. The summed E-state index contributed by atoms with van der Waals surface area (Å²) in [4.78, 5) is 17.5. The zero-order valence-electron chi connectivity index (χ0n) is 17.5. The monoisotopic (exact) mass is 406 g/mol. The average Bonchev–Trinajstić information content (AvgIpc) is 2.94. The van der Waals surface area contributed by atoms with Crippen LogP contribution in [0.25, 0.3) is 0 Å². The quantitative estimate of drug-likeness (QED) is 0.450. The van der Waals surface area contributed by atoms with Gasteiger partial charge in [-0.15, -0.1) is 0 Å². The smallest absolute Gasteiger partial charge is 0.310 e. The molecule has 0 spiro atoms. The Kier molecular flexibility index (Phi) is 6.80. The first-order valence-electron chi connectivity index (χ1n) is 11.0. The van der Waals surface area contributed by atoms with Gasteiger partial charge in [-0.05, 0) is 54.9 Å². The lowest BCUT2D eigenvalue weighted by Crippen LogP contribution is -2.44. The Labute approximate surface area is 178 Å². The van der Waals surface area contributed by atoms with Crippen LogP contribution in [-0.2, 0) is 27.2 Å². The number of oxime groups is 1. The topological polar surface area (TPSA) is 59.9 Å². The summed E-state index contributed by atoms with van der Waals surface area (Å²) in [7, 11) is 0. The van der Waals surface area contributed by atoms with E-state index in [-0.39, 0.29) is 23.8 Å². The van der Waals surface area contributed by atoms with Gasteiger partial charge in [0.15, 0.2) is 0 Å². The van der Waals surface area contributed by atoms with Crippen molar-refractivity contribution in [2.24, 2.45) is 11.1 Å². The summed E-state index contributed by atoms with van der Waals surface area (Å²) in [5.74, 6) is -0.0517. The maximum Gasteiger partial charge on any atom is 0.310 e. The summed E-state index contributed by atoms with van der Waals surface area (Å²) in [6, 6.07) is 17.5. The highest BCUT2D eigenvalue weighted by molar-refractivity contribution is 5.75. The lowest BCUT2D eigenvalue weighted by molar-refractivity contribution is -0.148. The fraction of sp³-hybridized carbons (Fsp3) is 0.440. The number of hydrogen-bond donors (Lipinski definition) is 1. The molecule has 158 valence electrons. The number of benzene rings is 2. The Morgan fingerprint density at radius 1 is 1.07 bits per heavy atom. The van der Waals surface area contributed by atoms with Crippen molar-refractivity contribution in [2.45, 2.75) is 44.6 Å². The van der Waals surface area contributed by atoms with Gasteiger partial charge in [0.2, 0.25) is 0 Å². The molecule has 0 amide bonds. The third-order valence-electron chi connectivity index (χ3n) is 6.14. The summed E-state index contributed by atoms with van der Waals surface area (Å²) < 4.78 is 5.12. The van der Waals surface area contributed by atoms with E-state index < -0.39 is 0 Å². The van der Waals surface area contributed by atoms with Crippen LogP contribution in [0.5, 0.6) is 0 Å². The van der Waals surface area contributed by atoms with Crippen molar-refractivity contribution in [1.82, 2.24) is 5.32 Å². The number of carbonyl (C=O) groups excluding carboxylic acids is 1. The molecule has 30 heavy (non-hydrogen) atoms. The average molecular weight is 407 g/mol. The molecule has 1 aliphatic carbocycles. The molecule has 1 heterocycles. The predicted octanol–water partition coefficient (Wildman–Crippen LogP) is 3.85. The Bertz CT molecular complexity index is 840. The number of piperidine rings is 1. The fourth-order valence-corrected chi connectivity index (χ4v) is 4.48. The minimum Gasteiger partial charge on any atom is -0.466 e. The van der Waals surface area contributed by atoms with E-state index in [1.54, 1.807) is 0 Å². The molecule has 2 aromatic carbocycles. The van der Waals surface area contributed by atoms with Crippen LogP contribution in [0.2, 0.25) is 0 Å². The number of nitrogens with one attached hydrogen (secondary N) is 1. The Morgan fingerprint density at radius 3 is 2.33 bits per heavy atom. The van der Waals surface area contributed by atoms with Crippen molar-refractivity contribution >= 4 is 12.2 Å². The van der Waals surface area contributed by atoms with Gasteiger partial charge in [-0.25, -0.2) is 0 Å². The predicted molar refractivity (Wildman–Crippen MR) is 118 cm³/mol. The third-order valence-corrected chi connectivity index (χ3v) is 6.14. The summed E-state index contributed by atoms with van der Waals surface area (Å²) in [5, 5.41) is 7.74. The summed E-state index contributed by atoms with van der Waals surface area (Å²) in [5.41, 5.74) is 5.37.